The minimum absolute atomic E-state index is 0.144. The van der Waals surface area contributed by atoms with E-state index in [1.165, 1.54) is 11.8 Å². The molecule has 0 radical (unpaired) electrons. The number of allylic oxidation sites excluding steroid dienone is 2. The van der Waals surface area contributed by atoms with E-state index >= 15 is 0 Å². The summed E-state index contributed by atoms with van der Waals surface area (Å²) in [7, 11) is 0. The number of ether oxygens (including phenoxy) is 1. The topological polar surface area (TPSA) is 67.4 Å². The summed E-state index contributed by atoms with van der Waals surface area (Å²) in [5, 5.41) is 9.14. The molecule has 3 aromatic carbocycles. The van der Waals surface area contributed by atoms with Crippen LogP contribution in [0.4, 0.5) is 0 Å². The molecule has 0 atom stereocenters. The molecule has 0 spiro atoms. The Hall–Kier alpha value is -4.62. The normalized spacial score (nSPS) is 15.9. The van der Waals surface area contributed by atoms with Gasteiger partial charge in [-0.1, -0.05) is 84.9 Å². The molecule has 38 heavy (non-hydrogen) atoms. The van der Waals surface area contributed by atoms with Gasteiger partial charge in [0.25, 0.3) is 5.91 Å². The van der Waals surface area contributed by atoms with Crippen molar-refractivity contribution in [3.8, 4) is 5.75 Å². The van der Waals surface area contributed by atoms with Crippen LogP contribution in [-0.4, -0.2) is 22.2 Å². The lowest BCUT2D eigenvalue weighted by atomic mass is 10.2. The van der Waals surface area contributed by atoms with Crippen molar-refractivity contribution in [3.63, 3.8) is 0 Å². The van der Waals surface area contributed by atoms with E-state index in [-0.39, 0.29) is 12.5 Å². The van der Waals surface area contributed by atoms with E-state index in [1.54, 1.807) is 29.5 Å². The molecular formula is C31H25N3O3S. The fraction of sp³-hybridized carbons (Fsp3) is 0.0645. The summed E-state index contributed by atoms with van der Waals surface area (Å²) in [4.78, 5) is 15.3. The van der Waals surface area contributed by atoms with Crippen LogP contribution in [0.3, 0.4) is 0 Å². The fourth-order valence-corrected chi connectivity index (χ4v) is 4.56. The Morgan fingerprint density at radius 2 is 1.68 bits per heavy atom. The van der Waals surface area contributed by atoms with Crippen molar-refractivity contribution in [2.45, 2.75) is 13.2 Å². The maximum absolute atomic E-state index is 13.2. The van der Waals surface area contributed by atoms with E-state index in [1.807, 2.05) is 103 Å². The molecule has 4 aromatic rings. The van der Waals surface area contributed by atoms with Crippen LogP contribution in [0.5, 0.6) is 5.75 Å². The first-order chi connectivity index (χ1) is 18.7. The number of amides is 1. The Balaban J connectivity index is 1.30. The highest BCUT2D eigenvalue weighted by atomic mass is 32.2. The lowest BCUT2D eigenvalue weighted by Crippen LogP contribution is -2.28. The molecule has 1 amide bonds. The van der Waals surface area contributed by atoms with Gasteiger partial charge >= 0.3 is 0 Å². The van der Waals surface area contributed by atoms with E-state index in [0.29, 0.717) is 22.4 Å². The minimum atomic E-state index is -0.144. The third-order valence-electron chi connectivity index (χ3n) is 5.57. The number of carbonyl (C=O) groups is 1. The Morgan fingerprint density at radius 3 is 2.47 bits per heavy atom. The molecule has 0 unspecified atom stereocenters. The van der Waals surface area contributed by atoms with Gasteiger partial charge in [0, 0.05) is 0 Å². The van der Waals surface area contributed by atoms with Crippen LogP contribution in [0, 0.1) is 0 Å². The second-order valence-corrected chi connectivity index (χ2v) is 9.36. The van der Waals surface area contributed by atoms with Gasteiger partial charge in [0.2, 0.25) is 0 Å². The van der Waals surface area contributed by atoms with Gasteiger partial charge in [-0.3, -0.25) is 9.69 Å². The molecule has 6 nitrogen and oxygen atoms in total. The first kappa shape index (κ1) is 25.0. The zero-order valence-electron chi connectivity index (χ0n) is 20.5. The predicted octanol–water partition coefficient (Wildman–Crippen LogP) is 6.92. The maximum Gasteiger partial charge on any atom is 0.267 e. The summed E-state index contributed by atoms with van der Waals surface area (Å²) < 4.78 is 11.4. The largest absolute Gasteiger partial charge is 0.489 e. The number of carbonyl (C=O) groups excluding carboxylic acids is 1. The summed E-state index contributed by atoms with van der Waals surface area (Å²) in [5.74, 6) is 1.26. The summed E-state index contributed by atoms with van der Waals surface area (Å²) in [6, 6.07) is 31.2. The zero-order chi connectivity index (χ0) is 26.0. The van der Waals surface area contributed by atoms with E-state index in [2.05, 4.69) is 10.2 Å². The van der Waals surface area contributed by atoms with Crippen molar-refractivity contribution in [3.05, 3.63) is 143 Å². The van der Waals surface area contributed by atoms with Crippen molar-refractivity contribution < 1.29 is 13.9 Å². The minimum Gasteiger partial charge on any atom is -0.489 e. The number of amidine groups is 1. The summed E-state index contributed by atoms with van der Waals surface area (Å²) in [6.07, 6.45) is 8.86. The van der Waals surface area contributed by atoms with Gasteiger partial charge in [-0.05, 0) is 58.8 Å². The Bertz CT molecular complexity index is 1480. The predicted molar refractivity (Wildman–Crippen MR) is 153 cm³/mol. The number of benzene rings is 3. The highest BCUT2D eigenvalue weighted by Gasteiger charge is 2.33. The van der Waals surface area contributed by atoms with Gasteiger partial charge in [-0.15, -0.1) is 5.10 Å². The van der Waals surface area contributed by atoms with E-state index < -0.39 is 0 Å². The summed E-state index contributed by atoms with van der Waals surface area (Å²) >= 11 is 1.28. The number of thioether (sulfide) groups is 1. The van der Waals surface area contributed by atoms with Crippen LogP contribution in [-0.2, 0) is 17.9 Å². The molecule has 188 valence electrons. The van der Waals surface area contributed by atoms with Crippen LogP contribution in [0.1, 0.15) is 22.5 Å². The van der Waals surface area contributed by atoms with Gasteiger partial charge in [0.1, 0.15) is 18.1 Å². The SMILES string of the molecule is O=C1/C(=C/C=C/c2ccccc2)S/C(=N/N=C\c2cccc(OCc3ccccc3)c2)N1Cc1ccco1. The van der Waals surface area contributed by atoms with Crippen molar-refractivity contribution in [2.24, 2.45) is 10.2 Å². The second-order valence-electron chi connectivity index (χ2n) is 8.35. The number of nitrogens with zero attached hydrogens (tertiary/aromatic N) is 3. The number of rotatable bonds is 9. The third-order valence-corrected chi connectivity index (χ3v) is 6.59. The van der Waals surface area contributed by atoms with Crippen molar-refractivity contribution in [2.75, 3.05) is 0 Å². The zero-order valence-corrected chi connectivity index (χ0v) is 21.3. The maximum atomic E-state index is 13.2. The lowest BCUT2D eigenvalue weighted by Gasteiger charge is -2.12. The van der Waals surface area contributed by atoms with Gasteiger partial charge < -0.3 is 9.15 Å². The molecule has 1 aliphatic rings. The van der Waals surface area contributed by atoms with Gasteiger partial charge in [0.05, 0.1) is 23.9 Å². The second kappa shape index (κ2) is 12.6. The average molecular weight is 520 g/mol. The van der Waals surface area contributed by atoms with Crippen LogP contribution < -0.4 is 4.74 Å². The van der Waals surface area contributed by atoms with Crippen molar-refractivity contribution in [1.29, 1.82) is 0 Å². The van der Waals surface area contributed by atoms with Crippen LogP contribution in [0.15, 0.2) is 135 Å². The van der Waals surface area contributed by atoms with Crippen LogP contribution in [0.2, 0.25) is 0 Å². The van der Waals surface area contributed by atoms with Crippen LogP contribution in [0.25, 0.3) is 6.08 Å². The Labute approximate surface area is 225 Å². The standard InChI is InChI=1S/C31H25N3O3S/c35-30-29(18-8-14-24-10-3-1-4-11-24)38-31(34(30)22-28-17-9-19-36-28)33-32-21-26-15-7-16-27(20-26)37-23-25-12-5-2-6-13-25/h1-21H,22-23H2/b14-8+,29-18-,32-21-,33-31+. The molecule has 0 aliphatic carbocycles. The van der Waals surface area contributed by atoms with Gasteiger partial charge in [0.15, 0.2) is 5.17 Å². The molecular weight excluding hydrogens is 494 g/mol. The van der Waals surface area contributed by atoms with E-state index in [9.17, 15) is 4.79 Å². The first-order valence-corrected chi connectivity index (χ1v) is 12.9. The van der Waals surface area contributed by atoms with Gasteiger partial charge in [-0.25, -0.2) is 0 Å². The molecule has 7 heteroatoms. The smallest absolute Gasteiger partial charge is 0.267 e. The first-order valence-electron chi connectivity index (χ1n) is 12.1. The summed E-state index contributed by atoms with van der Waals surface area (Å²) in [6.45, 7) is 0.758. The van der Waals surface area contributed by atoms with Crippen LogP contribution >= 0.6 is 11.8 Å². The average Bonchev–Trinajstić information content (AvgIpc) is 3.58. The molecule has 1 fully saturated rings. The number of hydrogen-bond acceptors (Lipinski definition) is 6. The third kappa shape index (κ3) is 6.78. The van der Waals surface area contributed by atoms with Gasteiger partial charge in [-0.2, -0.15) is 5.10 Å². The number of furan rings is 1. The Morgan fingerprint density at radius 1 is 0.895 bits per heavy atom. The molecule has 0 saturated carbocycles. The highest BCUT2D eigenvalue weighted by molar-refractivity contribution is 8.18. The quantitative estimate of drug-likeness (QED) is 0.137. The molecule has 0 bridgehead atoms. The highest BCUT2D eigenvalue weighted by Crippen LogP contribution is 2.32. The fourth-order valence-electron chi connectivity index (χ4n) is 3.68. The molecule has 1 saturated heterocycles. The summed E-state index contributed by atoms with van der Waals surface area (Å²) in [5.41, 5.74) is 2.99. The molecule has 5 rings (SSSR count). The molecule has 0 N–H and O–H groups in total. The molecule has 1 aliphatic heterocycles. The molecule has 1 aromatic heterocycles. The van der Waals surface area contributed by atoms with Crippen molar-refractivity contribution >= 4 is 35.1 Å². The molecule has 2 heterocycles. The van der Waals surface area contributed by atoms with E-state index in [0.717, 1.165) is 22.4 Å². The van der Waals surface area contributed by atoms with E-state index in [4.69, 9.17) is 9.15 Å². The monoisotopic (exact) mass is 519 g/mol. The lowest BCUT2D eigenvalue weighted by molar-refractivity contribution is -0.122. The number of hydrogen-bond donors (Lipinski definition) is 0. The van der Waals surface area contributed by atoms with Crippen molar-refractivity contribution in [1.82, 2.24) is 4.90 Å². The Kier molecular flexibility index (Phi) is 8.28.